The smallest absolute Gasteiger partial charge is 0.0971 e. The minimum absolute atomic E-state index is 0.503. The molecule has 0 bridgehead atoms. The molecule has 0 heterocycles. The molecular weight excluding hydrogens is 246 g/mol. The molecule has 0 aliphatic heterocycles. The third-order valence-electron chi connectivity index (χ3n) is 5.35. The van der Waals surface area contributed by atoms with Gasteiger partial charge in [0.05, 0.1) is 11.9 Å². The van der Waals surface area contributed by atoms with E-state index < -0.39 is 0 Å². The summed E-state index contributed by atoms with van der Waals surface area (Å²) in [4.78, 5) is 7.48. The number of nitrogens with two attached hydrogens (primary N) is 1. The fourth-order valence-electron chi connectivity index (χ4n) is 4.01. The van der Waals surface area contributed by atoms with Crippen LogP contribution < -0.4 is 5.73 Å². The van der Waals surface area contributed by atoms with E-state index in [2.05, 4.69) is 18.7 Å². The number of amidine groups is 1. The van der Waals surface area contributed by atoms with Crippen molar-refractivity contribution in [2.75, 3.05) is 13.1 Å². The maximum atomic E-state index is 6.27. The maximum Gasteiger partial charge on any atom is 0.0971 e. The van der Waals surface area contributed by atoms with E-state index in [1.54, 1.807) is 0 Å². The van der Waals surface area contributed by atoms with Crippen LogP contribution in [0.2, 0.25) is 0 Å². The van der Waals surface area contributed by atoms with Crippen LogP contribution in [0, 0.1) is 5.92 Å². The summed E-state index contributed by atoms with van der Waals surface area (Å²) in [7, 11) is 0. The number of aliphatic imine (C=N–C) groups is 1. The first kappa shape index (κ1) is 15.8. The first-order valence-electron chi connectivity index (χ1n) is 8.81. The van der Waals surface area contributed by atoms with Crippen LogP contribution in [0.25, 0.3) is 0 Å². The maximum absolute atomic E-state index is 6.27. The summed E-state index contributed by atoms with van der Waals surface area (Å²) in [6, 6.07) is 1.29. The second-order valence-corrected chi connectivity index (χ2v) is 6.57. The van der Waals surface area contributed by atoms with E-state index in [4.69, 9.17) is 10.7 Å². The molecule has 2 saturated carbocycles. The molecule has 0 radical (unpaired) electrons. The number of hydrogen-bond acceptors (Lipinski definition) is 2. The molecule has 2 rings (SSSR count). The third-order valence-corrected chi connectivity index (χ3v) is 5.35. The highest BCUT2D eigenvalue weighted by molar-refractivity contribution is 5.83. The Morgan fingerprint density at radius 1 is 0.950 bits per heavy atom. The van der Waals surface area contributed by atoms with Gasteiger partial charge in [-0.3, -0.25) is 4.99 Å². The molecule has 0 amide bonds. The van der Waals surface area contributed by atoms with Gasteiger partial charge in [-0.2, -0.15) is 0 Å². The predicted octanol–water partition coefficient (Wildman–Crippen LogP) is 3.58. The molecule has 2 aliphatic rings. The van der Waals surface area contributed by atoms with Crippen molar-refractivity contribution in [3.05, 3.63) is 0 Å². The Labute approximate surface area is 125 Å². The fraction of sp³-hybridized carbons (Fsp3) is 0.941. The van der Waals surface area contributed by atoms with Crippen molar-refractivity contribution in [3.8, 4) is 0 Å². The summed E-state index contributed by atoms with van der Waals surface area (Å²) in [5, 5.41) is 0. The molecule has 116 valence electrons. The van der Waals surface area contributed by atoms with E-state index in [-0.39, 0.29) is 0 Å². The van der Waals surface area contributed by atoms with Crippen LogP contribution in [0.15, 0.2) is 4.99 Å². The minimum Gasteiger partial charge on any atom is -0.387 e. The Morgan fingerprint density at radius 3 is 2.10 bits per heavy atom. The van der Waals surface area contributed by atoms with Crippen LogP contribution >= 0.6 is 0 Å². The zero-order chi connectivity index (χ0) is 14.4. The summed E-state index contributed by atoms with van der Waals surface area (Å²) in [5.41, 5.74) is 6.27. The highest BCUT2D eigenvalue weighted by Crippen LogP contribution is 2.27. The molecule has 0 saturated heterocycles. The van der Waals surface area contributed by atoms with Crippen molar-refractivity contribution in [1.29, 1.82) is 0 Å². The summed E-state index contributed by atoms with van der Waals surface area (Å²) >= 11 is 0. The summed E-state index contributed by atoms with van der Waals surface area (Å²) in [5.74, 6) is 1.56. The van der Waals surface area contributed by atoms with Gasteiger partial charge in [-0.1, -0.05) is 33.1 Å². The third kappa shape index (κ3) is 4.21. The highest BCUT2D eigenvalue weighted by Gasteiger charge is 2.25. The molecule has 0 aromatic carbocycles. The number of rotatable bonds is 5. The van der Waals surface area contributed by atoms with Gasteiger partial charge in [0.2, 0.25) is 0 Å². The van der Waals surface area contributed by atoms with Crippen LogP contribution in [0.5, 0.6) is 0 Å². The number of hydrogen-bond donors (Lipinski definition) is 1. The van der Waals surface area contributed by atoms with Crippen LogP contribution in [0.1, 0.15) is 71.6 Å². The lowest BCUT2D eigenvalue weighted by atomic mass is 9.87. The normalized spacial score (nSPS) is 29.9. The lowest BCUT2D eigenvalue weighted by Crippen LogP contribution is -2.39. The van der Waals surface area contributed by atoms with Crippen molar-refractivity contribution >= 4 is 5.84 Å². The van der Waals surface area contributed by atoms with E-state index in [9.17, 15) is 0 Å². The second kappa shape index (κ2) is 8.02. The van der Waals surface area contributed by atoms with Gasteiger partial charge >= 0.3 is 0 Å². The summed E-state index contributed by atoms with van der Waals surface area (Å²) in [6.45, 7) is 6.90. The monoisotopic (exact) mass is 279 g/mol. The Balaban J connectivity index is 1.81. The molecule has 3 heteroatoms. The second-order valence-electron chi connectivity index (χ2n) is 6.57. The van der Waals surface area contributed by atoms with Crippen molar-refractivity contribution < 1.29 is 0 Å². The average molecular weight is 279 g/mol. The Bertz CT molecular complexity index is 295. The molecule has 2 aliphatic carbocycles. The van der Waals surface area contributed by atoms with Crippen LogP contribution in [-0.4, -0.2) is 35.9 Å². The summed E-state index contributed by atoms with van der Waals surface area (Å²) in [6.07, 6.45) is 11.7. The SMILES string of the molecule is CCN(CC)C1CCC(N=C(N)C2CCCCC2)CC1. The van der Waals surface area contributed by atoms with Crippen molar-refractivity contribution in [3.63, 3.8) is 0 Å². The van der Waals surface area contributed by atoms with Gasteiger partial charge in [0.1, 0.15) is 0 Å². The van der Waals surface area contributed by atoms with Gasteiger partial charge in [-0.15, -0.1) is 0 Å². The molecule has 0 aromatic rings. The zero-order valence-electron chi connectivity index (χ0n) is 13.5. The summed E-state index contributed by atoms with van der Waals surface area (Å²) < 4.78 is 0. The Hall–Kier alpha value is -0.570. The van der Waals surface area contributed by atoms with E-state index >= 15 is 0 Å². The largest absolute Gasteiger partial charge is 0.387 e. The quantitative estimate of drug-likeness (QED) is 0.617. The van der Waals surface area contributed by atoms with Gasteiger partial charge in [0, 0.05) is 12.0 Å². The molecule has 3 nitrogen and oxygen atoms in total. The first-order valence-corrected chi connectivity index (χ1v) is 8.81. The van der Waals surface area contributed by atoms with E-state index in [1.807, 2.05) is 0 Å². The molecule has 0 spiro atoms. The highest BCUT2D eigenvalue weighted by atomic mass is 15.1. The molecule has 0 aromatic heterocycles. The van der Waals surface area contributed by atoms with Crippen molar-refractivity contribution in [2.24, 2.45) is 16.6 Å². The topological polar surface area (TPSA) is 41.6 Å². The number of nitrogens with zero attached hydrogens (tertiary/aromatic N) is 2. The van der Waals surface area contributed by atoms with E-state index in [1.165, 1.54) is 70.9 Å². The molecule has 2 fully saturated rings. The fourth-order valence-corrected chi connectivity index (χ4v) is 4.01. The molecule has 2 N–H and O–H groups in total. The van der Waals surface area contributed by atoms with Crippen molar-refractivity contribution in [1.82, 2.24) is 4.90 Å². The zero-order valence-corrected chi connectivity index (χ0v) is 13.5. The molecule has 20 heavy (non-hydrogen) atoms. The standard InChI is InChI=1S/C17H33N3/c1-3-20(4-2)16-12-10-15(11-13-16)19-17(18)14-8-6-5-7-9-14/h14-16H,3-13H2,1-2H3,(H2,18,19). The van der Waals surface area contributed by atoms with E-state index in [0.29, 0.717) is 12.0 Å². The average Bonchev–Trinajstić information content (AvgIpc) is 2.51. The van der Waals surface area contributed by atoms with Crippen LogP contribution in [0.3, 0.4) is 0 Å². The van der Waals surface area contributed by atoms with E-state index in [0.717, 1.165) is 11.9 Å². The van der Waals surface area contributed by atoms with Crippen molar-refractivity contribution in [2.45, 2.75) is 83.7 Å². The van der Waals surface area contributed by atoms with Gasteiger partial charge in [-0.25, -0.2) is 0 Å². The lowest BCUT2D eigenvalue weighted by Gasteiger charge is -2.35. The Morgan fingerprint density at radius 2 is 1.55 bits per heavy atom. The molecule has 0 unspecified atom stereocenters. The van der Waals surface area contributed by atoms with Crippen LogP contribution in [0.4, 0.5) is 0 Å². The van der Waals surface area contributed by atoms with Gasteiger partial charge in [-0.05, 0) is 51.6 Å². The van der Waals surface area contributed by atoms with Gasteiger partial charge in [0.15, 0.2) is 0 Å². The van der Waals surface area contributed by atoms with Gasteiger partial charge in [0.25, 0.3) is 0 Å². The van der Waals surface area contributed by atoms with Gasteiger partial charge < -0.3 is 10.6 Å². The predicted molar refractivity (Wildman–Crippen MR) is 87.2 cm³/mol. The lowest BCUT2D eigenvalue weighted by molar-refractivity contribution is 0.164. The minimum atomic E-state index is 0.503. The molecule has 0 atom stereocenters. The first-order chi connectivity index (χ1) is 9.74. The Kier molecular flexibility index (Phi) is 6.34. The molecular formula is C17H33N3. The van der Waals surface area contributed by atoms with Crippen LogP contribution in [-0.2, 0) is 0 Å².